The Bertz CT molecular complexity index is 398. The summed E-state index contributed by atoms with van der Waals surface area (Å²) in [5.41, 5.74) is 0.622. The molecule has 0 unspecified atom stereocenters. The summed E-state index contributed by atoms with van der Waals surface area (Å²) in [6.07, 6.45) is 0.831. The van der Waals surface area contributed by atoms with Crippen LogP contribution >= 0.6 is 28.6 Å². The van der Waals surface area contributed by atoms with Gasteiger partial charge >= 0.3 is 0 Å². The first kappa shape index (κ1) is 14.5. The summed E-state index contributed by atoms with van der Waals surface area (Å²) in [7, 11) is 3.44. The fourth-order valence-corrected chi connectivity index (χ4v) is 2.29. The van der Waals surface area contributed by atoms with Crippen LogP contribution in [0.15, 0.2) is 27.6 Å². The molecule has 0 radical (unpaired) electrons. The van der Waals surface area contributed by atoms with Crippen LogP contribution in [-0.2, 0) is 4.74 Å². The van der Waals surface area contributed by atoms with Gasteiger partial charge in [-0.3, -0.25) is 4.79 Å². The van der Waals surface area contributed by atoms with Crippen LogP contribution in [0.4, 0.5) is 0 Å². The maximum Gasteiger partial charge on any atom is 0.254 e. The lowest BCUT2D eigenvalue weighted by Crippen LogP contribution is -2.28. The zero-order valence-electron chi connectivity index (χ0n) is 9.94. The number of benzene rings is 1. The summed E-state index contributed by atoms with van der Waals surface area (Å²) < 4.78 is 5.88. The van der Waals surface area contributed by atoms with Gasteiger partial charge in [0.05, 0.1) is 5.56 Å². The quantitative estimate of drug-likeness (QED) is 0.668. The third-order valence-electron chi connectivity index (χ3n) is 2.38. The molecule has 3 nitrogen and oxygen atoms in total. The lowest BCUT2D eigenvalue weighted by atomic mass is 10.2. The van der Waals surface area contributed by atoms with E-state index in [4.69, 9.17) is 4.74 Å². The van der Waals surface area contributed by atoms with E-state index in [0.717, 1.165) is 10.9 Å². The average molecular weight is 318 g/mol. The van der Waals surface area contributed by atoms with Gasteiger partial charge in [0.15, 0.2) is 0 Å². The summed E-state index contributed by atoms with van der Waals surface area (Å²) in [6, 6.07) is 5.44. The first-order valence-electron chi connectivity index (χ1n) is 5.29. The molecule has 0 atom stereocenters. The van der Waals surface area contributed by atoms with E-state index in [1.807, 2.05) is 12.1 Å². The standard InChI is InChI=1S/C12H16BrNO2S/c1-14(6-3-7-16-2)12(15)10-5-4-9(13)8-11(10)17/h4-5,8,17H,3,6-7H2,1-2H3. The number of methoxy groups -OCH3 is 1. The van der Waals surface area contributed by atoms with Crippen LogP contribution in [0.2, 0.25) is 0 Å². The molecule has 0 aliphatic heterocycles. The Labute approximate surface area is 116 Å². The Hall–Kier alpha value is -0.520. The van der Waals surface area contributed by atoms with E-state index in [-0.39, 0.29) is 5.91 Å². The first-order chi connectivity index (χ1) is 8.06. The Morgan fingerprint density at radius 3 is 2.82 bits per heavy atom. The van der Waals surface area contributed by atoms with Crippen molar-refractivity contribution >= 4 is 34.5 Å². The minimum absolute atomic E-state index is 0.0152. The third kappa shape index (κ3) is 4.33. The molecule has 17 heavy (non-hydrogen) atoms. The number of amides is 1. The Morgan fingerprint density at radius 2 is 2.24 bits per heavy atom. The summed E-state index contributed by atoms with van der Waals surface area (Å²) >= 11 is 7.65. The minimum Gasteiger partial charge on any atom is -0.385 e. The number of halogens is 1. The second-order valence-electron chi connectivity index (χ2n) is 3.73. The molecule has 5 heteroatoms. The largest absolute Gasteiger partial charge is 0.385 e. The molecule has 0 heterocycles. The molecule has 0 fully saturated rings. The van der Waals surface area contributed by atoms with Crippen molar-refractivity contribution in [1.29, 1.82) is 0 Å². The molecule has 1 aromatic carbocycles. The zero-order valence-corrected chi connectivity index (χ0v) is 12.4. The van der Waals surface area contributed by atoms with Crippen LogP contribution in [0, 0.1) is 0 Å². The smallest absolute Gasteiger partial charge is 0.254 e. The molecular weight excluding hydrogens is 302 g/mol. The molecule has 0 spiro atoms. The van der Waals surface area contributed by atoms with Crippen molar-refractivity contribution in [3.63, 3.8) is 0 Å². The maximum atomic E-state index is 12.1. The maximum absolute atomic E-state index is 12.1. The second kappa shape index (κ2) is 7.03. The van der Waals surface area contributed by atoms with Crippen LogP contribution in [0.3, 0.4) is 0 Å². The van der Waals surface area contributed by atoms with Crippen molar-refractivity contribution in [2.24, 2.45) is 0 Å². The Kier molecular flexibility index (Phi) is 6.02. The normalized spacial score (nSPS) is 10.4. The van der Waals surface area contributed by atoms with Gasteiger partial charge in [-0.1, -0.05) is 15.9 Å². The van der Waals surface area contributed by atoms with E-state index in [1.165, 1.54) is 0 Å². The van der Waals surface area contributed by atoms with Crippen molar-refractivity contribution in [2.45, 2.75) is 11.3 Å². The fourth-order valence-electron chi connectivity index (χ4n) is 1.44. The third-order valence-corrected chi connectivity index (χ3v) is 3.24. The summed E-state index contributed by atoms with van der Waals surface area (Å²) in [5, 5.41) is 0. The van der Waals surface area contributed by atoms with Crippen LogP contribution in [-0.4, -0.2) is 38.1 Å². The molecule has 0 aliphatic rings. The highest BCUT2D eigenvalue weighted by molar-refractivity contribution is 9.10. The van der Waals surface area contributed by atoms with Gasteiger partial charge in [-0.05, 0) is 24.6 Å². The molecule has 94 valence electrons. The molecule has 0 saturated heterocycles. The number of rotatable bonds is 5. The SMILES string of the molecule is COCCCN(C)C(=O)c1ccc(Br)cc1S. The molecule has 1 rings (SSSR count). The fraction of sp³-hybridized carbons (Fsp3) is 0.417. The number of thiol groups is 1. The number of carbonyl (C=O) groups excluding carboxylic acids is 1. The van der Waals surface area contributed by atoms with Crippen LogP contribution in [0.5, 0.6) is 0 Å². The van der Waals surface area contributed by atoms with Gasteiger partial charge in [0.2, 0.25) is 0 Å². The van der Waals surface area contributed by atoms with E-state index in [2.05, 4.69) is 28.6 Å². The van der Waals surface area contributed by atoms with Crippen molar-refractivity contribution in [2.75, 3.05) is 27.3 Å². The van der Waals surface area contributed by atoms with Crippen molar-refractivity contribution < 1.29 is 9.53 Å². The van der Waals surface area contributed by atoms with E-state index < -0.39 is 0 Å². The van der Waals surface area contributed by atoms with E-state index in [9.17, 15) is 4.79 Å². The second-order valence-corrected chi connectivity index (χ2v) is 5.13. The number of hydrogen-bond acceptors (Lipinski definition) is 3. The zero-order chi connectivity index (χ0) is 12.8. The van der Waals surface area contributed by atoms with Crippen LogP contribution in [0.25, 0.3) is 0 Å². The topological polar surface area (TPSA) is 29.5 Å². The Balaban J connectivity index is 2.68. The van der Waals surface area contributed by atoms with Gasteiger partial charge in [0.1, 0.15) is 0 Å². The van der Waals surface area contributed by atoms with Crippen LogP contribution in [0.1, 0.15) is 16.8 Å². The minimum atomic E-state index is -0.0152. The number of nitrogens with zero attached hydrogens (tertiary/aromatic N) is 1. The van der Waals surface area contributed by atoms with E-state index in [0.29, 0.717) is 23.6 Å². The number of ether oxygens (including phenoxy) is 1. The molecular formula is C12H16BrNO2S. The monoisotopic (exact) mass is 317 g/mol. The Morgan fingerprint density at radius 1 is 1.53 bits per heavy atom. The highest BCUT2D eigenvalue weighted by atomic mass is 79.9. The highest BCUT2D eigenvalue weighted by Gasteiger charge is 2.14. The van der Waals surface area contributed by atoms with Gasteiger partial charge in [-0.15, -0.1) is 12.6 Å². The summed E-state index contributed by atoms with van der Waals surface area (Å²) in [6.45, 7) is 1.33. The predicted octanol–water partition coefficient (Wildman–Crippen LogP) is 2.85. The van der Waals surface area contributed by atoms with Crippen molar-refractivity contribution in [3.05, 3.63) is 28.2 Å². The van der Waals surface area contributed by atoms with Gasteiger partial charge in [0.25, 0.3) is 5.91 Å². The molecule has 0 bridgehead atoms. The predicted molar refractivity (Wildman–Crippen MR) is 74.8 cm³/mol. The number of hydrogen-bond donors (Lipinski definition) is 1. The summed E-state index contributed by atoms with van der Waals surface area (Å²) in [4.78, 5) is 14.5. The van der Waals surface area contributed by atoms with Gasteiger partial charge < -0.3 is 9.64 Å². The molecule has 0 aromatic heterocycles. The lowest BCUT2D eigenvalue weighted by Gasteiger charge is -2.18. The van der Waals surface area contributed by atoms with Gasteiger partial charge in [-0.2, -0.15) is 0 Å². The molecule has 0 N–H and O–H groups in total. The average Bonchev–Trinajstić information content (AvgIpc) is 2.28. The van der Waals surface area contributed by atoms with Gasteiger partial charge in [0, 0.05) is 36.7 Å². The van der Waals surface area contributed by atoms with E-state index >= 15 is 0 Å². The van der Waals surface area contributed by atoms with Crippen molar-refractivity contribution in [3.8, 4) is 0 Å². The molecule has 0 saturated carbocycles. The van der Waals surface area contributed by atoms with E-state index in [1.54, 1.807) is 25.1 Å². The highest BCUT2D eigenvalue weighted by Crippen LogP contribution is 2.20. The van der Waals surface area contributed by atoms with Crippen molar-refractivity contribution in [1.82, 2.24) is 4.90 Å². The lowest BCUT2D eigenvalue weighted by molar-refractivity contribution is 0.0776. The first-order valence-corrected chi connectivity index (χ1v) is 6.53. The number of carbonyl (C=O) groups is 1. The summed E-state index contributed by atoms with van der Waals surface area (Å²) in [5.74, 6) is -0.0152. The molecule has 1 amide bonds. The molecule has 0 aliphatic carbocycles. The molecule has 1 aromatic rings. The van der Waals surface area contributed by atoms with Crippen LogP contribution < -0.4 is 0 Å². The van der Waals surface area contributed by atoms with Gasteiger partial charge in [-0.25, -0.2) is 0 Å².